The minimum Gasteiger partial charge on any atom is -0.345 e. The lowest BCUT2D eigenvalue weighted by Crippen LogP contribution is -2.24. The second-order valence-corrected chi connectivity index (χ2v) is 9.47. The number of nitrogens with zero attached hydrogens (tertiary/aromatic N) is 3. The highest BCUT2D eigenvalue weighted by Gasteiger charge is 2.16. The predicted molar refractivity (Wildman–Crippen MR) is 142 cm³/mol. The van der Waals surface area contributed by atoms with Crippen LogP contribution in [0, 0.1) is 13.8 Å². The highest BCUT2D eigenvalue weighted by atomic mass is 32.2. The van der Waals surface area contributed by atoms with Gasteiger partial charge < -0.3 is 5.32 Å². The van der Waals surface area contributed by atoms with Gasteiger partial charge in [-0.15, -0.1) is 10.2 Å². The van der Waals surface area contributed by atoms with E-state index in [1.54, 1.807) is 11.8 Å². The smallest absolute Gasteiger partial charge is 0.251 e. The molecule has 0 aliphatic rings. The minimum atomic E-state index is -0.136. The molecule has 0 saturated heterocycles. The van der Waals surface area contributed by atoms with Gasteiger partial charge in [0.25, 0.3) is 5.91 Å². The van der Waals surface area contributed by atoms with Crippen LogP contribution in [-0.4, -0.2) is 20.7 Å². The van der Waals surface area contributed by atoms with Crippen LogP contribution in [0.25, 0.3) is 16.5 Å². The van der Waals surface area contributed by atoms with Gasteiger partial charge in [0.2, 0.25) is 0 Å². The first-order chi connectivity index (χ1) is 17.1. The van der Waals surface area contributed by atoms with Crippen LogP contribution in [0.1, 0.15) is 32.9 Å². The number of rotatable bonds is 7. The van der Waals surface area contributed by atoms with Gasteiger partial charge in [0.05, 0.1) is 6.54 Å². The molecule has 174 valence electrons. The zero-order valence-corrected chi connectivity index (χ0v) is 20.5. The zero-order valence-electron chi connectivity index (χ0n) is 19.7. The summed E-state index contributed by atoms with van der Waals surface area (Å²) in [5, 5.41) is 14.9. The Morgan fingerprint density at radius 3 is 2.40 bits per heavy atom. The number of nitrogens with one attached hydrogen (secondary N) is 1. The molecule has 1 amide bonds. The van der Waals surface area contributed by atoms with Crippen molar-refractivity contribution >= 4 is 28.4 Å². The van der Waals surface area contributed by atoms with Gasteiger partial charge in [-0.05, 0) is 60.0 Å². The second-order valence-electron chi connectivity index (χ2n) is 8.53. The largest absolute Gasteiger partial charge is 0.345 e. The van der Waals surface area contributed by atoms with E-state index < -0.39 is 0 Å². The zero-order chi connectivity index (χ0) is 24.2. The summed E-state index contributed by atoms with van der Waals surface area (Å²) in [4.78, 5) is 12.9. The Labute approximate surface area is 209 Å². The number of fused-ring (bicyclic) bond motifs is 1. The molecule has 1 heterocycles. The van der Waals surface area contributed by atoms with Crippen LogP contribution >= 0.6 is 11.8 Å². The molecule has 0 saturated carbocycles. The fourth-order valence-electron chi connectivity index (χ4n) is 3.97. The van der Waals surface area contributed by atoms with Crippen LogP contribution in [0.4, 0.5) is 0 Å². The molecular formula is C29H26N4OS. The summed E-state index contributed by atoms with van der Waals surface area (Å²) < 4.78 is 2.03. The SMILES string of the molecule is Cc1ccc(-n2c(CNC(=O)c3ccc4ccccc4c3)nnc2SCc2ccccc2C)cc1. The van der Waals surface area contributed by atoms with Gasteiger partial charge in [0.15, 0.2) is 11.0 Å². The first-order valence-electron chi connectivity index (χ1n) is 11.5. The van der Waals surface area contributed by atoms with Crippen molar-refractivity contribution in [1.82, 2.24) is 20.1 Å². The summed E-state index contributed by atoms with van der Waals surface area (Å²) in [6, 6.07) is 30.4. The normalized spacial score (nSPS) is 11.0. The van der Waals surface area contributed by atoms with Gasteiger partial charge in [-0.2, -0.15) is 0 Å². The summed E-state index contributed by atoms with van der Waals surface area (Å²) in [5.74, 6) is 1.35. The molecule has 0 unspecified atom stereocenters. The average Bonchev–Trinajstić information content (AvgIpc) is 3.29. The number of carbonyl (C=O) groups excluding carboxylic acids is 1. The van der Waals surface area contributed by atoms with Crippen molar-refractivity contribution in [3.05, 3.63) is 119 Å². The second kappa shape index (κ2) is 10.2. The van der Waals surface area contributed by atoms with E-state index in [1.165, 1.54) is 16.7 Å². The molecule has 1 aromatic heterocycles. The number of aryl methyl sites for hydroxylation is 2. The Bertz CT molecular complexity index is 1490. The average molecular weight is 479 g/mol. The summed E-state index contributed by atoms with van der Waals surface area (Å²) in [6.45, 7) is 4.46. The standard InChI is InChI=1S/C29H26N4OS/c1-20-11-15-26(16-12-20)33-27(31-32-29(33)35-19-25-10-4-3-7-21(25)2)18-30-28(34)24-14-13-22-8-5-6-9-23(22)17-24/h3-17H,18-19H2,1-2H3,(H,30,34). The number of hydrogen-bond acceptors (Lipinski definition) is 4. The van der Waals surface area contributed by atoms with Gasteiger partial charge in [-0.3, -0.25) is 9.36 Å². The Kier molecular flexibility index (Phi) is 6.64. The third-order valence-corrected chi connectivity index (χ3v) is 7.01. The first kappa shape index (κ1) is 22.9. The van der Waals surface area contributed by atoms with Crippen LogP contribution < -0.4 is 5.32 Å². The quantitative estimate of drug-likeness (QED) is 0.281. The molecule has 35 heavy (non-hydrogen) atoms. The molecule has 0 radical (unpaired) electrons. The van der Waals surface area contributed by atoms with E-state index in [2.05, 4.69) is 77.9 Å². The first-order valence-corrected chi connectivity index (χ1v) is 12.5. The molecule has 0 atom stereocenters. The molecule has 4 aromatic carbocycles. The Hall–Kier alpha value is -3.90. The van der Waals surface area contributed by atoms with E-state index in [9.17, 15) is 4.79 Å². The van der Waals surface area contributed by atoms with Gasteiger partial charge in [-0.1, -0.05) is 84.1 Å². The molecule has 0 spiro atoms. The number of carbonyl (C=O) groups is 1. The predicted octanol–water partition coefficient (Wildman–Crippen LogP) is 6.26. The monoisotopic (exact) mass is 478 g/mol. The molecule has 5 nitrogen and oxygen atoms in total. The molecule has 0 fully saturated rings. The van der Waals surface area contributed by atoms with E-state index in [0.29, 0.717) is 11.4 Å². The van der Waals surface area contributed by atoms with E-state index in [0.717, 1.165) is 27.4 Å². The van der Waals surface area contributed by atoms with Crippen LogP contribution in [0.2, 0.25) is 0 Å². The van der Waals surface area contributed by atoms with Gasteiger partial charge in [0.1, 0.15) is 0 Å². The number of benzene rings is 4. The lowest BCUT2D eigenvalue weighted by atomic mass is 10.1. The number of aromatic nitrogens is 3. The maximum absolute atomic E-state index is 12.9. The molecular weight excluding hydrogens is 452 g/mol. The Balaban J connectivity index is 1.38. The maximum Gasteiger partial charge on any atom is 0.251 e. The lowest BCUT2D eigenvalue weighted by molar-refractivity contribution is 0.0950. The third kappa shape index (κ3) is 5.12. The van der Waals surface area contributed by atoms with Crippen LogP contribution in [-0.2, 0) is 12.3 Å². The van der Waals surface area contributed by atoms with E-state index in [4.69, 9.17) is 0 Å². The van der Waals surface area contributed by atoms with Gasteiger partial charge >= 0.3 is 0 Å². The summed E-state index contributed by atoms with van der Waals surface area (Å²) in [6.07, 6.45) is 0. The molecule has 0 aliphatic carbocycles. The third-order valence-electron chi connectivity index (χ3n) is 6.03. The minimum absolute atomic E-state index is 0.136. The van der Waals surface area contributed by atoms with Crippen LogP contribution in [0.15, 0.2) is 96.2 Å². The van der Waals surface area contributed by atoms with Crippen molar-refractivity contribution in [2.75, 3.05) is 0 Å². The fraction of sp³-hybridized carbons (Fsp3) is 0.138. The van der Waals surface area contributed by atoms with Crippen molar-refractivity contribution in [2.45, 2.75) is 31.3 Å². The lowest BCUT2D eigenvalue weighted by Gasteiger charge is -2.12. The topological polar surface area (TPSA) is 59.8 Å². The molecule has 0 bridgehead atoms. The molecule has 0 aliphatic heterocycles. The molecule has 5 aromatic rings. The summed E-state index contributed by atoms with van der Waals surface area (Å²) in [5.41, 5.74) is 5.30. The van der Waals surface area contributed by atoms with Crippen LogP contribution in [0.5, 0.6) is 0 Å². The van der Waals surface area contributed by atoms with Crippen LogP contribution in [0.3, 0.4) is 0 Å². The highest BCUT2D eigenvalue weighted by molar-refractivity contribution is 7.98. The fourth-order valence-corrected chi connectivity index (χ4v) is 5.01. The molecule has 1 N–H and O–H groups in total. The van der Waals surface area contributed by atoms with Crippen molar-refractivity contribution in [1.29, 1.82) is 0 Å². The Morgan fingerprint density at radius 1 is 0.857 bits per heavy atom. The molecule has 6 heteroatoms. The Morgan fingerprint density at radius 2 is 1.60 bits per heavy atom. The van der Waals surface area contributed by atoms with E-state index in [-0.39, 0.29) is 12.5 Å². The van der Waals surface area contributed by atoms with Gasteiger partial charge in [-0.25, -0.2) is 0 Å². The summed E-state index contributed by atoms with van der Waals surface area (Å²) >= 11 is 1.64. The number of amides is 1. The van der Waals surface area contributed by atoms with Crippen molar-refractivity contribution in [3.63, 3.8) is 0 Å². The van der Waals surface area contributed by atoms with E-state index in [1.807, 2.05) is 47.0 Å². The van der Waals surface area contributed by atoms with E-state index >= 15 is 0 Å². The number of hydrogen-bond donors (Lipinski definition) is 1. The maximum atomic E-state index is 12.9. The number of thioether (sulfide) groups is 1. The summed E-state index contributed by atoms with van der Waals surface area (Å²) in [7, 11) is 0. The molecule has 5 rings (SSSR count). The van der Waals surface area contributed by atoms with Crippen molar-refractivity contribution < 1.29 is 4.79 Å². The van der Waals surface area contributed by atoms with Crippen molar-refractivity contribution in [3.8, 4) is 5.69 Å². The van der Waals surface area contributed by atoms with Crippen molar-refractivity contribution in [2.24, 2.45) is 0 Å². The van der Waals surface area contributed by atoms with Gasteiger partial charge in [0, 0.05) is 17.0 Å². The highest BCUT2D eigenvalue weighted by Crippen LogP contribution is 2.27.